The largest absolute Gasteiger partial charge is 0.497 e. The van der Waals surface area contributed by atoms with Crippen LogP contribution >= 0.6 is 0 Å². The molecule has 2 fully saturated rings. The Kier molecular flexibility index (Phi) is 8.08. The van der Waals surface area contributed by atoms with Gasteiger partial charge in [-0.15, -0.1) is 0 Å². The summed E-state index contributed by atoms with van der Waals surface area (Å²) >= 11 is 0. The lowest BCUT2D eigenvalue weighted by atomic mass is 9.86. The molecule has 33 heavy (non-hydrogen) atoms. The van der Waals surface area contributed by atoms with Crippen molar-refractivity contribution >= 4 is 5.91 Å². The van der Waals surface area contributed by atoms with Crippen molar-refractivity contribution in [3.8, 4) is 5.75 Å². The van der Waals surface area contributed by atoms with Crippen LogP contribution < -0.4 is 4.74 Å². The highest BCUT2D eigenvalue weighted by molar-refractivity contribution is 5.78. The van der Waals surface area contributed by atoms with Crippen LogP contribution in [0.25, 0.3) is 0 Å². The van der Waals surface area contributed by atoms with E-state index in [0.717, 1.165) is 44.8 Å². The molecule has 2 aromatic carbocycles. The van der Waals surface area contributed by atoms with Crippen LogP contribution in [-0.4, -0.2) is 48.5 Å². The first-order chi connectivity index (χ1) is 16.0. The van der Waals surface area contributed by atoms with E-state index in [0.29, 0.717) is 23.8 Å². The fourth-order valence-corrected chi connectivity index (χ4v) is 5.76. The summed E-state index contributed by atoms with van der Waals surface area (Å²) in [6.45, 7) is 7.95. The second kappa shape index (κ2) is 11.2. The number of rotatable bonds is 8. The Hall–Kier alpha value is -2.33. The van der Waals surface area contributed by atoms with Crippen molar-refractivity contribution in [2.45, 2.75) is 64.5 Å². The number of amides is 1. The van der Waals surface area contributed by atoms with Crippen LogP contribution in [0.2, 0.25) is 0 Å². The molecule has 0 spiro atoms. The third-order valence-electron chi connectivity index (χ3n) is 7.51. The molecule has 0 aromatic heterocycles. The summed E-state index contributed by atoms with van der Waals surface area (Å²) in [5.41, 5.74) is 2.68. The summed E-state index contributed by atoms with van der Waals surface area (Å²) in [5, 5.41) is 0. The van der Waals surface area contributed by atoms with Gasteiger partial charge in [0, 0.05) is 44.1 Å². The molecular weight excluding hydrogens is 408 g/mol. The Morgan fingerprint density at radius 2 is 1.79 bits per heavy atom. The van der Waals surface area contributed by atoms with E-state index in [4.69, 9.17) is 4.74 Å². The predicted molar refractivity (Wildman–Crippen MR) is 134 cm³/mol. The molecule has 1 aliphatic carbocycles. The summed E-state index contributed by atoms with van der Waals surface area (Å²) in [7, 11) is 1.74. The van der Waals surface area contributed by atoms with Crippen LogP contribution in [0.1, 0.15) is 63.0 Å². The maximum atomic E-state index is 13.3. The highest BCUT2D eigenvalue weighted by atomic mass is 16.5. The maximum absolute atomic E-state index is 13.3. The third kappa shape index (κ3) is 5.97. The first-order valence-electron chi connectivity index (χ1n) is 12.8. The van der Waals surface area contributed by atoms with Gasteiger partial charge in [-0.05, 0) is 42.0 Å². The Bertz CT molecular complexity index is 892. The van der Waals surface area contributed by atoms with Crippen molar-refractivity contribution in [3.05, 3.63) is 65.7 Å². The lowest BCUT2D eigenvalue weighted by molar-refractivity contribution is -0.138. The highest BCUT2D eigenvalue weighted by Crippen LogP contribution is 2.37. The summed E-state index contributed by atoms with van der Waals surface area (Å²) in [5.74, 6) is 2.10. The molecule has 1 amide bonds. The van der Waals surface area contributed by atoms with Gasteiger partial charge in [0.1, 0.15) is 5.75 Å². The molecule has 1 saturated heterocycles. The van der Waals surface area contributed by atoms with Gasteiger partial charge < -0.3 is 9.64 Å². The van der Waals surface area contributed by atoms with Crippen molar-refractivity contribution in [1.29, 1.82) is 0 Å². The molecule has 0 N–H and O–H groups in total. The minimum atomic E-state index is 0.0454. The number of ether oxygens (including phenoxy) is 1. The van der Waals surface area contributed by atoms with Crippen LogP contribution in [0, 0.1) is 11.8 Å². The van der Waals surface area contributed by atoms with Crippen LogP contribution in [0.15, 0.2) is 54.6 Å². The summed E-state index contributed by atoms with van der Waals surface area (Å²) < 4.78 is 5.54. The molecule has 2 atom stereocenters. The summed E-state index contributed by atoms with van der Waals surface area (Å²) in [4.78, 5) is 18.2. The number of hydrogen-bond acceptors (Lipinski definition) is 3. The maximum Gasteiger partial charge on any atom is 0.225 e. The topological polar surface area (TPSA) is 32.8 Å². The molecule has 4 nitrogen and oxygen atoms in total. The van der Waals surface area contributed by atoms with E-state index < -0.39 is 0 Å². The highest BCUT2D eigenvalue weighted by Gasteiger charge is 2.38. The lowest BCUT2D eigenvalue weighted by Gasteiger charge is -2.38. The van der Waals surface area contributed by atoms with Crippen molar-refractivity contribution in [3.63, 3.8) is 0 Å². The van der Waals surface area contributed by atoms with E-state index >= 15 is 0 Å². The quantitative estimate of drug-likeness (QED) is 0.517. The van der Waals surface area contributed by atoms with Gasteiger partial charge in [0.15, 0.2) is 0 Å². The van der Waals surface area contributed by atoms with Gasteiger partial charge in [0.25, 0.3) is 0 Å². The summed E-state index contributed by atoms with van der Waals surface area (Å²) in [6.07, 6.45) is 6.11. The molecule has 4 rings (SSSR count). The number of likely N-dealkylation sites (tertiary alicyclic amines) is 1. The SMILES string of the molecule is COc1cccc(C2CN(Cc3ccccc3)CC2CN(C(=O)C(C)C)C2CCCCC2)c1. The minimum Gasteiger partial charge on any atom is -0.497 e. The van der Waals surface area contributed by atoms with E-state index in [2.05, 4.69) is 58.3 Å². The zero-order valence-corrected chi connectivity index (χ0v) is 20.6. The van der Waals surface area contributed by atoms with Gasteiger partial charge in [-0.25, -0.2) is 0 Å². The van der Waals surface area contributed by atoms with E-state index in [9.17, 15) is 4.79 Å². The van der Waals surface area contributed by atoms with E-state index in [1.807, 2.05) is 19.9 Å². The fraction of sp³-hybridized carbons (Fsp3) is 0.552. The van der Waals surface area contributed by atoms with Crippen molar-refractivity contribution < 1.29 is 9.53 Å². The summed E-state index contributed by atoms with van der Waals surface area (Å²) in [6, 6.07) is 19.7. The Balaban J connectivity index is 1.58. The molecule has 1 saturated carbocycles. The Morgan fingerprint density at radius 1 is 1.03 bits per heavy atom. The molecule has 178 valence electrons. The van der Waals surface area contributed by atoms with Crippen molar-refractivity contribution in [2.75, 3.05) is 26.7 Å². The lowest BCUT2D eigenvalue weighted by Crippen LogP contribution is -2.47. The smallest absolute Gasteiger partial charge is 0.225 e. The first-order valence-corrected chi connectivity index (χ1v) is 12.8. The molecule has 4 heteroatoms. The molecule has 2 aromatic rings. The van der Waals surface area contributed by atoms with Gasteiger partial charge in [-0.1, -0.05) is 75.6 Å². The number of carbonyl (C=O) groups is 1. The van der Waals surface area contributed by atoms with Gasteiger partial charge in [-0.3, -0.25) is 9.69 Å². The van der Waals surface area contributed by atoms with Crippen LogP contribution in [-0.2, 0) is 11.3 Å². The number of hydrogen-bond donors (Lipinski definition) is 0. The third-order valence-corrected chi connectivity index (χ3v) is 7.51. The molecule has 1 aliphatic heterocycles. The van der Waals surface area contributed by atoms with Crippen LogP contribution in [0.3, 0.4) is 0 Å². The predicted octanol–water partition coefficient (Wildman–Crippen LogP) is 5.73. The molecule has 2 unspecified atom stereocenters. The first kappa shape index (κ1) is 23.8. The average Bonchev–Trinajstić information content (AvgIpc) is 3.25. The zero-order chi connectivity index (χ0) is 23.2. The zero-order valence-electron chi connectivity index (χ0n) is 20.6. The molecular formula is C29H40N2O2. The van der Waals surface area contributed by atoms with Gasteiger partial charge in [0.05, 0.1) is 7.11 Å². The minimum absolute atomic E-state index is 0.0454. The molecule has 1 heterocycles. The van der Waals surface area contributed by atoms with E-state index in [1.165, 1.54) is 30.4 Å². The van der Waals surface area contributed by atoms with Crippen LogP contribution in [0.4, 0.5) is 0 Å². The Labute approximate surface area is 199 Å². The standard InChI is InChI=1S/C29H40N2O2/c1-22(2)29(32)31(26-14-8-5-9-15-26)20-25-19-30(18-23-11-6-4-7-12-23)21-28(25)24-13-10-16-27(17-24)33-3/h4,6-7,10-13,16-17,22,25-26,28H,5,8-9,14-15,18-21H2,1-3H3. The van der Waals surface area contributed by atoms with Gasteiger partial charge in [0.2, 0.25) is 5.91 Å². The van der Waals surface area contributed by atoms with Crippen LogP contribution in [0.5, 0.6) is 5.75 Å². The number of methoxy groups -OCH3 is 1. The normalized spacial score (nSPS) is 21.9. The number of carbonyl (C=O) groups excluding carboxylic acids is 1. The molecule has 0 radical (unpaired) electrons. The van der Waals surface area contributed by atoms with E-state index in [1.54, 1.807) is 7.11 Å². The molecule has 2 aliphatic rings. The van der Waals surface area contributed by atoms with Gasteiger partial charge in [-0.2, -0.15) is 0 Å². The van der Waals surface area contributed by atoms with Crippen molar-refractivity contribution in [2.24, 2.45) is 11.8 Å². The monoisotopic (exact) mass is 448 g/mol. The average molecular weight is 449 g/mol. The van der Waals surface area contributed by atoms with Gasteiger partial charge >= 0.3 is 0 Å². The van der Waals surface area contributed by atoms with E-state index in [-0.39, 0.29) is 5.92 Å². The Morgan fingerprint density at radius 3 is 2.48 bits per heavy atom. The second-order valence-electron chi connectivity index (χ2n) is 10.3. The fourth-order valence-electron chi connectivity index (χ4n) is 5.76. The second-order valence-corrected chi connectivity index (χ2v) is 10.3. The number of benzene rings is 2. The van der Waals surface area contributed by atoms with Crippen molar-refractivity contribution in [1.82, 2.24) is 9.80 Å². The number of nitrogens with zero attached hydrogens (tertiary/aromatic N) is 2. The molecule has 0 bridgehead atoms.